The van der Waals surface area contributed by atoms with Crippen LogP contribution >= 0.6 is 31.9 Å². The molecule has 1 rings (SSSR count). The van der Waals surface area contributed by atoms with Crippen LogP contribution in [0, 0.1) is 5.92 Å². The second-order valence-corrected chi connectivity index (χ2v) is 5.95. The van der Waals surface area contributed by atoms with Crippen molar-refractivity contribution in [1.82, 2.24) is 10.3 Å². The fraction of sp³-hybridized carbons (Fsp3) is 0.455. The maximum atomic E-state index is 11.7. The summed E-state index contributed by atoms with van der Waals surface area (Å²) in [5.74, 6) is 0.389. The number of hydrogen-bond acceptors (Lipinski definition) is 2. The molecule has 0 spiro atoms. The second kappa shape index (κ2) is 6.35. The van der Waals surface area contributed by atoms with Crippen LogP contribution < -0.4 is 5.32 Å². The van der Waals surface area contributed by atoms with Gasteiger partial charge in [0.1, 0.15) is 0 Å². The molecule has 0 aliphatic rings. The van der Waals surface area contributed by atoms with Crippen molar-refractivity contribution in [2.24, 2.45) is 5.92 Å². The highest BCUT2D eigenvalue weighted by molar-refractivity contribution is 9.10. The van der Waals surface area contributed by atoms with E-state index in [1.165, 1.54) is 0 Å². The molecule has 16 heavy (non-hydrogen) atoms. The Kier molecular flexibility index (Phi) is 5.41. The van der Waals surface area contributed by atoms with Crippen molar-refractivity contribution in [3.05, 3.63) is 28.5 Å². The second-order valence-electron chi connectivity index (χ2n) is 3.86. The molecule has 88 valence electrons. The molecule has 0 radical (unpaired) electrons. The summed E-state index contributed by atoms with van der Waals surface area (Å²) in [6, 6.07) is 1.75. The van der Waals surface area contributed by atoms with Crippen molar-refractivity contribution in [2.75, 3.05) is 6.54 Å². The molecule has 1 aromatic heterocycles. The monoisotopic (exact) mass is 348 g/mol. The van der Waals surface area contributed by atoms with Gasteiger partial charge < -0.3 is 5.32 Å². The molecule has 0 aromatic carbocycles. The summed E-state index contributed by atoms with van der Waals surface area (Å²) in [7, 11) is 0. The number of nitrogens with zero attached hydrogens (tertiary/aromatic N) is 1. The number of pyridine rings is 1. The van der Waals surface area contributed by atoms with Gasteiger partial charge in [0.2, 0.25) is 0 Å². The number of carbonyl (C=O) groups excluding carboxylic acids is 1. The van der Waals surface area contributed by atoms with E-state index in [9.17, 15) is 4.79 Å². The number of halogens is 2. The van der Waals surface area contributed by atoms with Crippen LogP contribution in [0.2, 0.25) is 0 Å². The van der Waals surface area contributed by atoms with Crippen molar-refractivity contribution < 1.29 is 4.79 Å². The van der Waals surface area contributed by atoms with Crippen LogP contribution in [0.5, 0.6) is 0 Å². The van der Waals surface area contributed by atoms with Crippen LogP contribution in [0.3, 0.4) is 0 Å². The SMILES string of the molecule is CC(C)C(Br)CNC(=O)c1cncc(Br)c1. The highest BCUT2D eigenvalue weighted by Crippen LogP contribution is 2.12. The van der Waals surface area contributed by atoms with Gasteiger partial charge in [0, 0.05) is 28.2 Å². The standard InChI is InChI=1S/C11H14Br2N2O/c1-7(2)10(13)6-15-11(16)8-3-9(12)5-14-4-8/h3-5,7,10H,6H2,1-2H3,(H,15,16). The fourth-order valence-electron chi connectivity index (χ4n) is 1.06. The third-order valence-corrected chi connectivity index (χ3v) is 3.96. The summed E-state index contributed by atoms with van der Waals surface area (Å²) in [5.41, 5.74) is 0.567. The maximum Gasteiger partial charge on any atom is 0.252 e. The third kappa shape index (κ3) is 4.22. The molecule has 0 bridgehead atoms. The van der Waals surface area contributed by atoms with E-state index in [1.54, 1.807) is 18.5 Å². The Morgan fingerprint density at radius 1 is 1.50 bits per heavy atom. The van der Waals surface area contributed by atoms with E-state index in [1.807, 2.05) is 0 Å². The lowest BCUT2D eigenvalue weighted by Gasteiger charge is -2.14. The first-order valence-electron chi connectivity index (χ1n) is 5.03. The van der Waals surface area contributed by atoms with Gasteiger partial charge in [0.15, 0.2) is 0 Å². The molecule has 0 aliphatic carbocycles. The van der Waals surface area contributed by atoms with E-state index in [4.69, 9.17) is 0 Å². The first kappa shape index (κ1) is 13.6. The molecule has 0 fully saturated rings. The Balaban J connectivity index is 2.53. The topological polar surface area (TPSA) is 42.0 Å². The van der Waals surface area contributed by atoms with Crippen molar-refractivity contribution in [3.8, 4) is 0 Å². The Morgan fingerprint density at radius 3 is 2.75 bits per heavy atom. The minimum Gasteiger partial charge on any atom is -0.351 e. The summed E-state index contributed by atoms with van der Waals surface area (Å²) in [6.45, 7) is 4.82. The van der Waals surface area contributed by atoms with Gasteiger partial charge in [-0.25, -0.2) is 0 Å². The molecule has 1 N–H and O–H groups in total. The number of amides is 1. The molecular weight excluding hydrogens is 336 g/mol. The van der Waals surface area contributed by atoms with Gasteiger partial charge in [0.05, 0.1) is 5.56 Å². The number of carbonyl (C=O) groups is 1. The van der Waals surface area contributed by atoms with Gasteiger partial charge in [-0.1, -0.05) is 29.8 Å². The van der Waals surface area contributed by atoms with E-state index in [-0.39, 0.29) is 10.7 Å². The smallest absolute Gasteiger partial charge is 0.252 e. The summed E-state index contributed by atoms with van der Waals surface area (Å²) in [5, 5.41) is 2.86. The summed E-state index contributed by atoms with van der Waals surface area (Å²) in [6.07, 6.45) is 3.21. The summed E-state index contributed by atoms with van der Waals surface area (Å²) in [4.78, 5) is 16.0. The van der Waals surface area contributed by atoms with E-state index in [0.717, 1.165) is 4.47 Å². The zero-order chi connectivity index (χ0) is 12.1. The molecule has 1 aromatic rings. The molecule has 0 saturated heterocycles. The van der Waals surface area contributed by atoms with Crippen molar-refractivity contribution in [3.63, 3.8) is 0 Å². The summed E-state index contributed by atoms with van der Waals surface area (Å²) < 4.78 is 0.805. The van der Waals surface area contributed by atoms with Crippen molar-refractivity contribution in [1.29, 1.82) is 0 Å². The molecule has 1 atom stereocenters. The predicted molar refractivity (Wildman–Crippen MR) is 71.8 cm³/mol. The number of nitrogens with one attached hydrogen (secondary N) is 1. The van der Waals surface area contributed by atoms with Crippen LogP contribution in [0.1, 0.15) is 24.2 Å². The Hall–Kier alpha value is -0.420. The zero-order valence-corrected chi connectivity index (χ0v) is 12.4. The Labute approximate surface area is 112 Å². The molecule has 1 unspecified atom stereocenters. The number of alkyl halides is 1. The first-order chi connectivity index (χ1) is 7.50. The average Bonchev–Trinajstić information content (AvgIpc) is 2.25. The van der Waals surface area contributed by atoms with Crippen LogP contribution in [-0.4, -0.2) is 22.3 Å². The van der Waals surface area contributed by atoms with Crippen molar-refractivity contribution in [2.45, 2.75) is 18.7 Å². The van der Waals surface area contributed by atoms with Gasteiger partial charge in [-0.15, -0.1) is 0 Å². The Bertz CT molecular complexity index is 369. The molecular formula is C11H14Br2N2O. The first-order valence-corrected chi connectivity index (χ1v) is 6.74. The number of aromatic nitrogens is 1. The lowest BCUT2D eigenvalue weighted by molar-refractivity contribution is 0.0952. The molecule has 1 heterocycles. The lowest BCUT2D eigenvalue weighted by Crippen LogP contribution is -2.31. The normalized spacial score (nSPS) is 12.6. The van der Waals surface area contributed by atoms with E-state index < -0.39 is 0 Å². The van der Waals surface area contributed by atoms with Crippen LogP contribution in [0.4, 0.5) is 0 Å². The van der Waals surface area contributed by atoms with Gasteiger partial charge >= 0.3 is 0 Å². The average molecular weight is 350 g/mol. The molecule has 1 amide bonds. The largest absolute Gasteiger partial charge is 0.351 e. The molecule has 5 heteroatoms. The third-order valence-electron chi connectivity index (χ3n) is 2.15. The van der Waals surface area contributed by atoms with Crippen molar-refractivity contribution >= 4 is 37.8 Å². The number of rotatable bonds is 4. The molecule has 0 aliphatic heterocycles. The maximum absolute atomic E-state index is 11.7. The van der Waals surface area contributed by atoms with Gasteiger partial charge in [-0.3, -0.25) is 9.78 Å². The molecule has 3 nitrogen and oxygen atoms in total. The molecule has 0 saturated carbocycles. The lowest BCUT2D eigenvalue weighted by atomic mass is 10.1. The minimum absolute atomic E-state index is 0.0982. The van der Waals surface area contributed by atoms with Crippen LogP contribution in [0.25, 0.3) is 0 Å². The summed E-state index contributed by atoms with van der Waals surface area (Å²) >= 11 is 6.80. The highest BCUT2D eigenvalue weighted by atomic mass is 79.9. The van der Waals surface area contributed by atoms with Gasteiger partial charge in [-0.2, -0.15) is 0 Å². The van der Waals surface area contributed by atoms with E-state index in [2.05, 4.69) is 56.0 Å². The van der Waals surface area contributed by atoms with Gasteiger partial charge in [0.25, 0.3) is 5.91 Å². The minimum atomic E-state index is -0.0982. The van der Waals surface area contributed by atoms with Crippen LogP contribution in [0.15, 0.2) is 22.9 Å². The number of hydrogen-bond donors (Lipinski definition) is 1. The van der Waals surface area contributed by atoms with Gasteiger partial charge in [-0.05, 0) is 27.9 Å². The van der Waals surface area contributed by atoms with Crippen LogP contribution in [-0.2, 0) is 0 Å². The Morgan fingerprint density at radius 2 is 2.19 bits per heavy atom. The zero-order valence-electron chi connectivity index (χ0n) is 9.21. The quantitative estimate of drug-likeness (QED) is 0.849. The highest BCUT2D eigenvalue weighted by Gasteiger charge is 2.12. The fourth-order valence-corrected chi connectivity index (χ4v) is 1.59. The van der Waals surface area contributed by atoms with E-state index >= 15 is 0 Å². The van der Waals surface area contributed by atoms with E-state index in [0.29, 0.717) is 18.0 Å². The predicted octanol–water partition coefficient (Wildman–Crippen LogP) is 2.99.